The Bertz CT molecular complexity index is 451. The third-order valence-electron chi connectivity index (χ3n) is 3.36. The second-order valence-electron chi connectivity index (χ2n) is 4.54. The molecule has 1 aromatic carbocycles. The highest BCUT2D eigenvalue weighted by molar-refractivity contribution is 5.29. The molecule has 1 aromatic rings. The summed E-state index contributed by atoms with van der Waals surface area (Å²) in [4.78, 5) is 0. The van der Waals surface area contributed by atoms with Gasteiger partial charge in [-0.25, -0.2) is 22.0 Å². The van der Waals surface area contributed by atoms with E-state index in [2.05, 4.69) is 0 Å². The van der Waals surface area contributed by atoms with Crippen LogP contribution in [0.1, 0.15) is 37.7 Å². The van der Waals surface area contributed by atoms with E-state index < -0.39 is 40.3 Å². The van der Waals surface area contributed by atoms with Gasteiger partial charge in [-0.15, -0.1) is 0 Å². The van der Waals surface area contributed by atoms with Gasteiger partial charge in [0.15, 0.2) is 23.3 Å². The number of halogens is 5. The molecule has 0 spiro atoms. The fourth-order valence-corrected chi connectivity index (χ4v) is 2.40. The van der Waals surface area contributed by atoms with Gasteiger partial charge in [0, 0.05) is 0 Å². The zero-order valence-electron chi connectivity index (χ0n) is 9.37. The molecule has 1 nitrogen and oxygen atoms in total. The molecule has 100 valence electrons. The Kier molecular flexibility index (Phi) is 3.31. The molecule has 2 rings (SSSR count). The van der Waals surface area contributed by atoms with Crippen LogP contribution in [0, 0.1) is 29.1 Å². The minimum atomic E-state index is -2.20. The van der Waals surface area contributed by atoms with Crippen molar-refractivity contribution >= 4 is 0 Å². The Morgan fingerprint density at radius 2 is 1.06 bits per heavy atom. The predicted molar refractivity (Wildman–Crippen MR) is 53.2 cm³/mol. The van der Waals surface area contributed by atoms with Crippen LogP contribution in [0.15, 0.2) is 0 Å². The van der Waals surface area contributed by atoms with Crippen molar-refractivity contribution in [2.45, 2.75) is 37.7 Å². The summed E-state index contributed by atoms with van der Waals surface area (Å²) in [6, 6.07) is 0. The molecule has 0 aliphatic heterocycles. The molecule has 0 heterocycles. The van der Waals surface area contributed by atoms with E-state index in [9.17, 15) is 27.1 Å². The van der Waals surface area contributed by atoms with Crippen LogP contribution >= 0.6 is 0 Å². The molecule has 0 radical (unpaired) electrons. The predicted octanol–water partition coefficient (Wildman–Crippen LogP) is 3.53. The molecular weight excluding hydrogens is 255 g/mol. The van der Waals surface area contributed by atoms with Gasteiger partial charge in [-0.3, -0.25) is 0 Å². The van der Waals surface area contributed by atoms with Crippen molar-refractivity contribution in [2.75, 3.05) is 0 Å². The highest BCUT2D eigenvalue weighted by Crippen LogP contribution is 2.41. The normalized spacial score (nSPS) is 19.0. The van der Waals surface area contributed by atoms with Crippen molar-refractivity contribution in [2.24, 2.45) is 0 Å². The number of benzene rings is 1. The SMILES string of the molecule is OC1(c2c(F)c(F)c(F)c(F)c2F)CCCCC1. The first-order valence-electron chi connectivity index (χ1n) is 5.63. The maximum atomic E-state index is 13.6. The number of hydrogen-bond acceptors (Lipinski definition) is 1. The van der Waals surface area contributed by atoms with E-state index in [0.717, 1.165) is 6.42 Å². The summed E-state index contributed by atoms with van der Waals surface area (Å²) >= 11 is 0. The van der Waals surface area contributed by atoms with Crippen molar-refractivity contribution in [3.63, 3.8) is 0 Å². The molecule has 0 atom stereocenters. The van der Waals surface area contributed by atoms with Crippen LogP contribution in [0.4, 0.5) is 22.0 Å². The van der Waals surface area contributed by atoms with Crippen LogP contribution < -0.4 is 0 Å². The van der Waals surface area contributed by atoms with Crippen LogP contribution in [-0.2, 0) is 5.60 Å². The molecule has 0 aromatic heterocycles. The monoisotopic (exact) mass is 266 g/mol. The quantitative estimate of drug-likeness (QED) is 0.468. The Hall–Kier alpha value is -1.17. The second-order valence-corrected chi connectivity index (χ2v) is 4.54. The summed E-state index contributed by atoms with van der Waals surface area (Å²) < 4.78 is 66.1. The Labute approximate surface area is 100 Å². The number of aliphatic hydroxyl groups is 1. The van der Waals surface area contributed by atoms with E-state index in [1.807, 2.05) is 0 Å². The molecule has 1 aliphatic rings. The molecule has 1 fully saturated rings. The van der Waals surface area contributed by atoms with Gasteiger partial charge in [0.25, 0.3) is 0 Å². The fourth-order valence-electron chi connectivity index (χ4n) is 2.40. The van der Waals surface area contributed by atoms with Crippen molar-refractivity contribution in [3.05, 3.63) is 34.6 Å². The largest absolute Gasteiger partial charge is 0.385 e. The van der Waals surface area contributed by atoms with E-state index in [-0.39, 0.29) is 12.8 Å². The molecule has 1 N–H and O–H groups in total. The zero-order chi connectivity index (χ0) is 13.5. The lowest BCUT2D eigenvalue weighted by molar-refractivity contribution is -0.00861. The van der Waals surface area contributed by atoms with Crippen LogP contribution in [0.3, 0.4) is 0 Å². The summed E-state index contributed by atoms with van der Waals surface area (Å²) in [5, 5.41) is 10.1. The van der Waals surface area contributed by atoms with Gasteiger partial charge >= 0.3 is 0 Å². The molecule has 0 unspecified atom stereocenters. The first kappa shape index (κ1) is 13.3. The molecule has 18 heavy (non-hydrogen) atoms. The summed E-state index contributed by atoms with van der Waals surface area (Å²) in [7, 11) is 0. The minimum absolute atomic E-state index is 0.00858. The Morgan fingerprint density at radius 1 is 0.667 bits per heavy atom. The molecule has 0 bridgehead atoms. The van der Waals surface area contributed by atoms with Gasteiger partial charge in [0.1, 0.15) is 0 Å². The first-order chi connectivity index (χ1) is 8.38. The van der Waals surface area contributed by atoms with Gasteiger partial charge in [-0.05, 0) is 12.8 Å². The standard InChI is InChI=1S/C12H11F5O/c13-7-6(12(18)4-2-1-3-5-12)8(14)10(16)11(17)9(7)15/h18H,1-5H2. The van der Waals surface area contributed by atoms with Crippen molar-refractivity contribution in [1.29, 1.82) is 0 Å². The molecule has 1 saturated carbocycles. The summed E-state index contributed by atoms with van der Waals surface area (Å²) in [5.74, 6) is -10.1. The van der Waals surface area contributed by atoms with Gasteiger partial charge in [0.2, 0.25) is 5.82 Å². The highest BCUT2D eigenvalue weighted by Gasteiger charge is 2.40. The Balaban J connectivity index is 2.63. The lowest BCUT2D eigenvalue weighted by atomic mass is 9.79. The maximum absolute atomic E-state index is 13.6. The molecular formula is C12H11F5O. The molecule has 0 amide bonds. The zero-order valence-corrected chi connectivity index (χ0v) is 9.37. The second kappa shape index (κ2) is 4.50. The smallest absolute Gasteiger partial charge is 0.200 e. The topological polar surface area (TPSA) is 20.2 Å². The van der Waals surface area contributed by atoms with E-state index >= 15 is 0 Å². The van der Waals surface area contributed by atoms with Crippen LogP contribution in [0.25, 0.3) is 0 Å². The molecule has 1 aliphatic carbocycles. The average Bonchev–Trinajstić information content (AvgIpc) is 2.35. The van der Waals surface area contributed by atoms with Gasteiger partial charge in [-0.2, -0.15) is 0 Å². The van der Waals surface area contributed by atoms with E-state index in [4.69, 9.17) is 0 Å². The lowest BCUT2D eigenvalue weighted by Crippen LogP contribution is -2.32. The molecule has 6 heteroatoms. The number of rotatable bonds is 1. The van der Waals surface area contributed by atoms with E-state index in [0.29, 0.717) is 12.8 Å². The lowest BCUT2D eigenvalue weighted by Gasteiger charge is -2.33. The van der Waals surface area contributed by atoms with E-state index in [1.165, 1.54) is 0 Å². The van der Waals surface area contributed by atoms with Crippen LogP contribution in [0.2, 0.25) is 0 Å². The van der Waals surface area contributed by atoms with Crippen LogP contribution in [0.5, 0.6) is 0 Å². The van der Waals surface area contributed by atoms with Crippen molar-refractivity contribution in [3.8, 4) is 0 Å². The van der Waals surface area contributed by atoms with Gasteiger partial charge < -0.3 is 5.11 Å². The number of hydrogen-bond donors (Lipinski definition) is 1. The average molecular weight is 266 g/mol. The summed E-state index contributed by atoms with van der Waals surface area (Å²) in [6.45, 7) is 0. The van der Waals surface area contributed by atoms with Crippen LogP contribution in [-0.4, -0.2) is 5.11 Å². The van der Waals surface area contributed by atoms with Crippen molar-refractivity contribution in [1.82, 2.24) is 0 Å². The third kappa shape index (κ3) is 1.88. The molecule has 0 saturated heterocycles. The Morgan fingerprint density at radius 3 is 1.50 bits per heavy atom. The van der Waals surface area contributed by atoms with Gasteiger partial charge in [-0.1, -0.05) is 19.3 Å². The first-order valence-corrected chi connectivity index (χ1v) is 5.63. The van der Waals surface area contributed by atoms with Gasteiger partial charge in [0.05, 0.1) is 11.2 Å². The third-order valence-corrected chi connectivity index (χ3v) is 3.36. The van der Waals surface area contributed by atoms with E-state index in [1.54, 1.807) is 0 Å². The minimum Gasteiger partial charge on any atom is -0.385 e. The summed E-state index contributed by atoms with van der Waals surface area (Å²) in [6.07, 6.45) is 1.71. The highest BCUT2D eigenvalue weighted by atomic mass is 19.2. The fraction of sp³-hybridized carbons (Fsp3) is 0.500. The van der Waals surface area contributed by atoms with Crippen molar-refractivity contribution < 1.29 is 27.1 Å². The maximum Gasteiger partial charge on any atom is 0.200 e. The summed E-state index contributed by atoms with van der Waals surface area (Å²) in [5.41, 5.74) is -3.07.